The van der Waals surface area contributed by atoms with Gasteiger partial charge < -0.3 is 14.6 Å². The fourth-order valence-electron chi connectivity index (χ4n) is 3.15. The first-order valence-electron chi connectivity index (χ1n) is 7.48. The first-order chi connectivity index (χ1) is 10.2. The number of nitriles is 1. The van der Waals surface area contributed by atoms with Crippen LogP contribution in [0.3, 0.4) is 0 Å². The monoisotopic (exact) mass is 289 g/mol. The van der Waals surface area contributed by atoms with Crippen LogP contribution in [0.15, 0.2) is 18.2 Å². The van der Waals surface area contributed by atoms with Crippen molar-refractivity contribution in [3.63, 3.8) is 0 Å². The Bertz CT molecular complexity index is 513. The Kier molecular flexibility index (Phi) is 5.08. The molecular formula is C17H23NO3. The number of aliphatic hydroxyl groups excluding tert-OH is 1. The second-order valence-electron chi connectivity index (χ2n) is 5.70. The summed E-state index contributed by atoms with van der Waals surface area (Å²) in [4.78, 5) is 0. The Balaban J connectivity index is 2.33. The Hall–Kier alpha value is -1.73. The maximum absolute atomic E-state index is 10.8. The zero-order valence-corrected chi connectivity index (χ0v) is 12.8. The third kappa shape index (κ3) is 3.14. The van der Waals surface area contributed by atoms with Crippen molar-refractivity contribution in [2.24, 2.45) is 5.41 Å². The first kappa shape index (κ1) is 15.7. The lowest BCUT2D eigenvalue weighted by Gasteiger charge is -2.31. The molecule has 1 unspecified atom stereocenters. The summed E-state index contributed by atoms with van der Waals surface area (Å²) in [5.74, 6) is 1.20. The molecule has 0 spiro atoms. The number of hydrogen-bond acceptors (Lipinski definition) is 4. The van der Waals surface area contributed by atoms with Crippen molar-refractivity contribution in [1.82, 2.24) is 0 Å². The van der Waals surface area contributed by atoms with E-state index in [1.54, 1.807) is 26.4 Å². The predicted octanol–water partition coefficient (Wildman–Crippen LogP) is 3.60. The number of rotatable bonds is 4. The topological polar surface area (TPSA) is 62.5 Å². The van der Waals surface area contributed by atoms with Gasteiger partial charge in [-0.15, -0.1) is 0 Å². The van der Waals surface area contributed by atoms with E-state index in [0.717, 1.165) is 44.1 Å². The third-order valence-electron chi connectivity index (χ3n) is 4.47. The smallest absolute Gasteiger partial charge is 0.161 e. The molecule has 4 heteroatoms. The number of nitrogens with zero attached hydrogens (tertiary/aromatic N) is 1. The molecule has 1 atom stereocenters. The van der Waals surface area contributed by atoms with E-state index in [4.69, 9.17) is 9.47 Å². The molecule has 2 rings (SSSR count). The Labute approximate surface area is 126 Å². The summed E-state index contributed by atoms with van der Waals surface area (Å²) in [6.45, 7) is 0. The largest absolute Gasteiger partial charge is 0.493 e. The van der Waals surface area contributed by atoms with Crippen LogP contribution in [-0.2, 0) is 0 Å². The van der Waals surface area contributed by atoms with Crippen molar-refractivity contribution in [2.45, 2.75) is 44.6 Å². The Morgan fingerprint density at radius 2 is 1.71 bits per heavy atom. The van der Waals surface area contributed by atoms with Crippen LogP contribution in [0.5, 0.6) is 11.5 Å². The van der Waals surface area contributed by atoms with Crippen LogP contribution in [0.2, 0.25) is 0 Å². The molecule has 1 aromatic rings. The summed E-state index contributed by atoms with van der Waals surface area (Å²) in [6, 6.07) is 7.76. The van der Waals surface area contributed by atoms with Gasteiger partial charge >= 0.3 is 0 Å². The van der Waals surface area contributed by atoms with Gasteiger partial charge in [0.05, 0.1) is 31.8 Å². The molecule has 0 aliphatic heterocycles. The summed E-state index contributed by atoms with van der Waals surface area (Å²) < 4.78 is 10.5. The van der Waals surface area contributed by atoms with Crippen LogP contribution in [-0.4, -0.2) is 19.3 Å². The molecule has 0 amide bonds. The van der Waals surface area contributed by atoms with Gasteiger partial charge in [-0.2, -0.15) is 5.26 Å². The van der Waals surface area contributed by atoms with Crippen molar-refractivity contribution in [3.05, 3.63) is 23.8 Å². The van der Waals surface area contributed by atoms with E-state index in [2.05, 4.69) is 6.07 Å². The molecule has 0 radical (unpaired) electrons. The summed E-state index contributed by atoms with van der Waals surface area (Å²) in [5.41, 5.74) is 0.0342. The standard InChI is InChI=1S/C17H23NO3/c1-20-14-8-7-13(11-15(14)21-2)16(19)17(12-18)9-5-3-4-6-10-17/h7-8,11,16,19H,3-6,9-10H2,1-2H3. The summed E-state index contributed by atoms with van der Waals surface area (Å²) >= 11 is 0. The average molecular weight is 289 g/mol. The third-order valence-corrected chi connectivity index (χ3v) is 4.47. The molecule has 0 aromatic heterocycles. The van der Waals surface area contributed by atoms with Crippen molar-refractivity contribution >= 4 is 0 Å². The van der Waals surface area contributed by atoms with Gasteiger partial charge in [-0.05, 0) is 30.5 Å². The zero-order valence-electron chi connectivity index (χ0n) is 12.8. The molecule has 1 saturated carbocycles. The van der Waals surface area contributed by atoms with Crippen LogP contribution >= 0.6 is 0 Å². The van der Waals surface area contributed by atoms with Crippen LogP contribution in [0.1, 0.15) is 50.2 Å². The Morgan fingerprint density at radius 1 is 1.10 bits per heavy atom. The van der Waals surface area contributed by atoms with Gasteiger partial charge in [-0.25, -0.2) is 0 Å². The number of benzene rings is 1. The van der Waals surface area contributed by atoms with Crippen LogP contribution < -0.4 is 9.47 Å². The maximum Gasteiger partial charge on any atom is 0.161 e. The van der Waals surface area contributed by atoms with E-state index in [-0.39, 0.29) is 0 Å². The highest BCUT2D eigenvalue weighted by atomic mass is 16.5. The molecule has 1 aliphatic carbocycles. The molecular weight excluding hydrogens is 266 g/mol. The van der Waals surface area contributed by atoms with Crippen molar-refractivity contribution in [2.75, 3.05) is 14.2 Å². The summed E-state index contributed by atoms with van der Waals surface area (Å²) in [7, 11) is 3.15. The maximum atomic E-state index is 10.8. The number of methoxy groups -OCH3 is 2. The number of aliphatic hydroxyl groups is 1. The lowest BCUT2D eigenvalue weighted by atomic mass is 9.74. The van der Waals surface area contributed by atoms with Crippen LogP contribution in [0, 0.1) is 16.7 Å². The van der Waals surface area contributed by atoms with Gasteiger partial charge in [0.15, 0.2) is 11.5 Å². The Morgan fingerprint density at radius 3 is 2.24 bits per heavy atom. The summed E-state index contributed by atoms with van der Waals surface area (Å²) in [5, 5.41) is 20.4. The molecule has 114 valence electrons. The second-order valence-corrected chi connectivity index (χ2v) is 5.70. The van der Waals surface area contributed by atoms with E-state index < -0.39 is 11.5 Å². The van der Waals surface area contributed by atoms with Crippen LogP contribution in [0.25, 0.3) is 0 Å². The molecule has 21 heavy (non-hydrogen) atoms. The van der Waals surface area contributed by atoms with Crippen LogP contribution in [0.4, 0.5) is 0 Å². The lowest BCUT2D eigenvalue weighted by molar-refractivity contribution is 0.0514. The number of hydrogen-bond donors (Lipinski definition) is 1. The highest BCUT2D eigenvalue weighted by molar-refractivity contribution is 5.44. The highest BCUT2D eigenvalue weighted by Gasteiger charge is 2.39. The van der Waals surface area contributed by atoms with Gasteiger partial charge in [0.1, 0.15) is 0 Å². The van der Waals surface area contributed by atoms with Crippen molar-refractivity contribution in [1.29, 1.82) is 5.26 Å². The highest BCUT2D eigenvalue weighted by Crippen LogP contribution is 2.45. The van der Waals surface area contributed by atoms with Gasteiger partial charge in [-0.1, -0.05) is 31.7 Å². The zero-order chi connectivity index (χ0) is 15.3. The minimum atomic E-state index is -0.791. The predicted molar refractivity (Wildman–Crippen MR) is 80.3 cm³/mol. The van der Waals surface area contributed by atoms with Crippen molar-refractivity contribution in [3.8, 4) is 17.6 Å². The fraction of sp³-hybridized carbons (Fsp3) is 0.588. The van der Waals surface area contributed by atoms with E-state index in [0.29, 0.717) is 11.5 Å². The minimum Gasteiger partial charge on any atom is -0.493 e. The molecule has 1 N–H and O–H groups in total. The first-order valence-corrected chi connectivity index (χ1v) is 7.48. The van der Waals surface area contributed by atoms with E-state index in [1.807, 2.05) is 6.07 Å². The molecule has 1 aromatic carbocycles. The minimum absolute atomic E-state index is 0.579. The molecule has 0 heterocycles. The molecule has 1 aliphatic rings. The molecule has 1 fully saturated rings. The van der Waals surface area contributed by atoms with E-state index in [1.165, 1.54) is 0 Å². The normalized spacial score (nSPS) is 19.1. The van der Waals surface area contributed by atoms with Gasteiger partial charge in [0, 0.05) is 0 Å². The van der Waals surface area contributed by atoms with E-state index in [9.17, 15) is 10.4 Å². The van der Waals surface area contributed by atoms with E-state index >= 15 is 0 Å². The van der Waals surface area contributed by atoms with Gasteiger partial charge in [0.25, 0.3) is 0 Å². The van der Waals surface area contributed by atoms with Crippen molar-refractivity contribution < 1.29 is 14.6 Å². The number of ether oxygens (including phenoxy) is 2. The average Bonchev–Trinajstić information content (AvgIpc) is 2.79. The molecule has 4 nitrogen and oxygen atoms in total. The molecule has 0 saturated heterocycles. The second kappa shape index (κ2) is 6.82. The fourth-order valence-corrected chi connectivity index (χ4v) is 3.15. The lowest BCUT2D eigenvalue weighted by Crippen LogP contribution is -2.27. The van der Waals surface area contributed by atoms with Gasteiger partial charge in [-0.3, -0.25) is 0 Å². The summed E-state index contributed by atoms with van der Waals surface area (Å²) in [6.07, 6.45) is 4.98. The van der Waals surface area contributed by atoms with Gasteiger partial charge in [0.2, 0.25) is 0 Å². The SMILES string of the molecule is COc1ccc(C(O)C2(C#N)CCCCCC2)cc1OC. The molecule has 0 bridgehead atoms. The quantitative estimate of drug-likeness (QED) is 0.860.